The largest absolute Gasteiger partial charge is 0.496 e. The monoisotopic (exact) mass is 425 g/mol. The van der Waals surface area contributed by atoms with Gasteiger partial charge in [0.15, 0.2) is 5.96 Å². The number of halogens is 2. The highest BCUT2D eigenvalue weighted by atomic mass is 127. The summed E-state index contributed by atoms with van der Waals surface area (Å²) in [5, 5.41) is 7.24. The summed E-state index contributed by atoms with van der Waals surface area (Å²) in [7, 11) is 1.64. The molecule has 1 aromatic rings. The minimum Gasteiger partial charge on any atom is -0.496 e. The van der Waals surface area contributed by atoms with Gasteiger partial charge in [-0.05, 0) is 39.8 Å². The minimum absolute atomic E-state index is 0. The van der Waals surface area contributed by atoms with Crippen LogP contribution in [0.5, 0.6) is 5.75 Å². The first-order valence-corrected chi connectivity index (χ1v) is 7.12. The molecule has 0 amide bonds. The molecule has 0 fully saturated rings. The van der Waals surface area contributed by atoms with Crippen LogP contribution in [-0.4, -0.2) is 25.2 Å². The van der Waals surface area contributed by atoms with Gasteiger partial charge in [-0.25, -0.2) is 4.99 Å². The molecule has 4 nitrogen and oxygen atoms in total. The molecule has 0 atom stereocenters. The number of nitrogens with zero attached hydrogens (tertiary/aromatic N) is 1. The fraction of sp³-hybridized carbons (Fsp3) is 0.533. The highest BCUT2D eigenvalue weighted by Gasteiger charge is 2.12. The van der Waals surface area contributed by atoms with Crippen molar-refractivity contribution in [3.63, 3.8) is 0 Å². The summed E-state index contributed by atoms with van der Waals surface area (Å²) in [6, 6.07) is 5.58. The SMILES string of the molecule is CCNC(=NCc1ccc(Cl)cc1OC)NC(C)(C)C.I. The highest BCUT2D eigenvalue weighted by Crippen LogP contribution is 2.23. The van der Waals surface area contributed by atoms with Crippen molar-refractivity contribution >= 4 is 41.5 Å². The summed E-state index contributed by atoms with van der Waals surface area (Å²) in [5.74, 6) is 1.55. The van der Waals surface area contributed by atoms with Crippen LogP contribution in [0.1, 0.15) is 33.3 Å². The van der Waals surface area contributed by atoms with Crippen LogP contribution in [-0.2, 0) is 6.54 Å². The van der Waals surface area contributed by atoms with Crippen LogP contribution in [0.4, 0.5) is 0 Å². The topological polar surface area (TPSA) is 45.7 Å². The van der Waals surface area contributed by atoms with Gasteiger partial charge in [-0.15, -0.1) is 24.0 Å². The second kappa shape index (κ2) is 9.35. The predicted octanol–water partition coefficient (Wildman–Crippen LogP) is 3.82. The summed E-state index contributed by atoms with van der Waals surface area (Å²) < 4.78 is 5.32. The van der Waals surface area contributed by atoms with E-state index in [-0.39, 0.29) is 29.5 Å². The Balaban J connectivity index is 0.00000400. The first-order valence-electron chi connectivity index (χ1n) is 6.74. The van der Waals surface area contributed by atoms with E-state index >= 15 is 0 Å². The maximum Gasteiger partial charge on any atom is 0.191 e. The Morgan fingerprint density at radius 1 is 1.33 bits per heavy atom. The molecule has 0 spiro atoms. The average Bonchev–Trinajstić information content (AvgIpc) is 2.35. The van der Waals surface area contributed by atoms with Gasteiger partial charge >= 0.3 is 0 Å². The van der Waals surface area contributed by atoms with Crippen molar-refractivity contribution in [3.05, 3.63) is 28.8 Å². The first kappa shape index (κ1) is 20.3. The number of ether oxygens (including phenoxy) is 1. The molecule has 0 aliphatic rings. The van der Waals surface area contributed by atoms with E-state index in [1.165, 1.54) is 0 Å². The molecule has 21 heavy (non-hydrogen) atoms. The highest BCUT2D eigenvalue weighted by molar-refractivity contribution is 14.0. The zero-order chi connectivity index (χ0) is 15.2. The summed E-state index contributed by atoms with van der Waals surface area (Å²) in [6.45, 7) is 9.70. The number of methoxy groups -OCH3 is 1. The van der Waals surface area contributed by atoms with Crippen LogP contribution in [0.25, 0.3) is 0 Å². The molecule has 0 heterocycles. The smallest absolute Gasteiger partial charge is 0.191 e. The number of hydrogen-bond acceptors (Lipinski definition) is 2. The average molecular weight is 426 g/mol. The van der Waals surface area contributed by atoms with E-state index in [2.05, 4.69) is 36.4 Å². The standard InChI is InChI=1S/C15H24ClN3O.HI/c1-6-17-14(19-15(2,3)4)18-10-11-7-8-12(16)9-13(11)20-5;/h7-9H,6,10H2,1-5H3,(H2,17,18,19);1H. The normalized spacial score (nSPS) is 11.6. The van der Waals surface area contributed by atoms with Crippen molar-refractivity contribution in [1.29, 1.82) is 0 Å². The fourth-order valence-electron chi connectivity index (χ4n) is 1.68. The maximum absolute atomic E-state index is 5.95. The Hall–Kier alpha value is -0.690. The Kier molecular flexibility index (Phi) is 9.04. The van der Waals surface area contributed by atoms with Gasteiger partial charge in [0.05, 0.1) is 13.7 Å². The van der Waals surface area contributed by atoms with Crippen molar-refractivity contribution in [1.82, 2.24) is 10.6 Å². The van der Waals surface area contributed by atoms with Gasteiger partial charge in [0.2, 0.25) is 0 Å². The van der Waals surface area contributed by atoms with E-state index in [4.69, 9.17) is 16.3 Å². The molecular formula is C15H25ClIN3O. The van der Waals surface area contributed by atoms with Crippen molar-refractivity contribution in [3.8, 4) is 5.75 Å². The number of benzene rings is 1. The van der Waals surface area contributed by atoms with E-state index in [1.807, 2.05) is 19.1 Å². The third kappa shape index (κ3) is 7.76. The molecule has 0 unspecified atom stereocenters. The summed E-state index contributed by atoms with van der Waals surface area (Å²) in [5.41, 5.74) is 0.966. The zero-order valence-corrected chi connectivity index (χ0v) is 16.4. The van der Waals surface area contributed by atoms with Gasteiger partial charge < -0.3 is 15.4 Å². The number of rotatable bonds is 4. The van der Waals surface area contributed by atoms with Crippen LogP contribution >= 0.6 is 35.6 Å². The molecule has 0 radical (unpaired) electrons. The summed E-state index contributed by atoms with van der Waals surface area (Å²) in [4.78, 5) is 4.58. The van der Waals surface area contributed by atoms with Gasteiger partial charge in [-0.1, -0.05) is 17.7 Å². The van der Waals surface area contributed by atoms with Crippen molar-refractivity contribution in [2.24, 2.45) is 4.99 Å². The third-order valence-electron chi connectivity index (χ3n) is 2.49. The lowest BCUT2D eigenvalue weighted by atomic mass is 10.1. The number of aliphatic imine (C=N–C) groups is 1. The van der Waals surface area contributed by atoms with Crippen molar-refractivity contribution < 1.29 is 4.74 Å². The molecule has 0 aliphatic heterocycles. The quantitative estimate of drug-likeness (QED) is 0.438. The van der Waals surface area contributed by atoms with E-state index in [9.17, 15) is 0 Å². The van der Waals surface area contributed by atoms with Crippen molar-refractivity contribution in [2.75, 3.05) is 13.7 Å². The molecule has 1 rings (SSSR count). The molecule has 6 heteroatoms. The van der Waals surface area contributed by atoms with Gasteiger partial charge in [-0.3, -0.25) is 0 Å². The number of nitrogens with one attached hydrogen (secondary N) is 2. The maximum atomic E-state index is 5.95. The lowest BCUT2D eigenvalue weighted by Crippen LogP contribution is -2.47. The predicted molar refractivity (Wildman–Crippen MR) is 101 cm³/mol. The van der Waals surface area contributed by atoms with Crippen LogP contribution in [0.3, 0.4) is 0 Å². The Morgan fingerprint density at radius 2 is 2.00 bits per heavy atom. The van der Waals surface area contributed by atoms with Gasteiger partial charge in [-0.2, -0.15) is 0 Å². The Bertz CT molecular complexity index is 472. The Morgan fingerprint density at radius 3 is 2.52 bits per heavy atom. The van der Waals surface area contributed by atoms with Crippen LogP contribution < -0.4 is 15.4 Å². The van der Waals surface area contributed by atoms with Crippen LogP contribution in [0, 0.1) is 0 Å². The molecule has 120 valence electrons. The molecule has 0 saturated carbocycles. The van der Waals surface area contributed by atoms with E-state index in [1.54, 1.807) is 13.2 Å². The van der Waals surface area contributed by atoms with Gasteiger partial charge in [0.25, 0.3) is 0 Å². The molecule has 0 aromatic heterocycles. The second-order valence-corrected chi connectivity index (χ2v) is 5.96. The van der Waals surface area contributed by atoms with Crippen LogP contribution in [0.2, 0.25) is 5.02 Å². The van der Waals surface area contributed by atoms with E-state index < -0.39 is 0 Å². The molecule has 2 N–H and O–H groups in total. The molecule has 0 bridgehead atoms. The zero-order valence-electron chi connectivity index (χ0n) is 13.3. The summed E-state index contributed by atoms with van der Waals surface area (Å²) in [6.07, 6.45) is 0. The lowest BCUT2D eigenvalue weighted by molar-refractivity contribution is 0.410. The minimum atomic E-state index is -0.0366. The van der Waals surface area contributed by atoms with Crippen molar-refractivity contribution in [2.45, 2.75) is 39.8 Å². The molecular weight excluding hydrogens is 401 g/mol. The van der Waals surface area contributed by atoms with E-state index in [0.717, 1.165) is 23.8 Å². The van der Waals surface area contributed by atoms with Gasteiger partial charge in [0, 0.05) is 22.7 Å². The Labute approximate surface area is 149 Å². The summed E-state index contributed by atoms with van der Waals surface area (Å²) >= 11 is 5.95. The van der Waals surface area contributed by atoms with Gasteiger partial charge in [0.1, 0.15) is 5.75 Å². The van der Waals surface area contributed by atoms with E-state index in [0.29, 0.717) is 11.6 Å². The molecule has 0 aliphatic carbocycles. The second-order valence-electron chi connectivity index (χ2n) is 5.53. The molecule has 1 aromatic carbocycles. The first-order chi connectivity index (χ1) is 9.35. The number of guanidine groups is 1. The van der Waals surface area contributed by atoms with Crippen LogP contribution in [0.15, 0.2) is 23.2 Å². The number of hydrogen-bond donors (Lipinski definition) is 2. The fourth-order valence-corrected chi connectivity index (χ4v) is 1.84. The lowest BCUT2D eigenvalue weighted by Gasteiger charge is -2.23. The third-order valence-corrected chi connectivity index (χ3v) is 2.73. The molecule has 0 saturated heterocycles.